The second-order valence-corrected chi connectivity index (χ2v) is 5.01. The molecule has 6 heteroatoms. The molecule has 1 aromatic heterocycles. The summed E-state index contributed by atoms with van der Waals surface area (Å²) in [6.07, 6.45) is 2.00. The van der Waals surface area contributed by atoms with Crippen molar-refractivity contribution in [3.05, 3.63) is 47.4 Å². The lowest BCUT2D eigenvalue weighted by Gasteiger charge is -2.16. The number of aromatic nitrogens is 2. The molecule has 5 nitrogen and oxygen atoms in total. The Bertz CT molecular complexity index is 676. The van der Waals surface area contributed by atoms with E-state index in [1.807, 2.05) is 24.0 Å². The number of aryl methyl sites for hydroxylation is 1. The standard InChI is InChI=1S/C14H17FN5/c1-18-5-4-13-19(6-7-20(13)18)9-11-3-2-10(14(16)17)8-12(11)15/h2-5,8H,6-7,9H2,1H3,(H3,16,17)/q+1. The third kappa shape index (κ3) is 2.03. The topological polar surface area (TPSA) is 61.9 Å². The highest BCUT2D eigenvalue weighted by atomic mass is 19.1. The molecular weight excluding hydrogens is 257 g/mol. The van der Waals surface area contributed by atoms with Gasteiger partial charge in [-0.25, -0.2) is 4.39 Å². The molecule has 2 aromatic rings. The van der Waals surface area contributed by atoms with Gasteiger partial charge in [-0.1, -0.05) is 12.1 Å². The Kier molecular flexibility index (Phi) is 2.93. The van der Waals surface area contributed by atoms with Gasteiger partial charge in [-0.2, -0.15) is 0 Å². The van der Waals surface area contributed by atoms with Crippen LogP contribution in [0.5, 0.6) is 0 Å². The number of nitrogens with one attached hydrogen (secondary N) is 1. The number of nitrogens with zero attached hydrogens (tertiary/aromatic N) is 3. The second kappa shape index (κ2) is 4.63. The highest BCUT2D eigenvalue weighted by Crippen LogP contribution is 2.22. The molecule has 20 heavy (non-hydrogen) atoms. The first-order chi connectivity index (χ1) is 9.56. The van der Waals surface area contributed by atoms with Gasteiger partial charge >= 0.3 is 0 Å². The van der Waals surface area contributed by atoms with Gasteiger partial charge in [-0.15, -0.1) is 9.36 Å². The van der Waals surface area contributed by atoms with Crippen LogP contribution in [-0.4, -0.2) is 17.1 Å². The molecule has 3 rings (SSSR count). The summed E-state index contributed by atoms with van der Waals surface area (Å²) in [6.45, 7) is 2.30. The van der Waals surface area contributed by atoms with Crippen LogP contribution in [0.3, 0.4) is 0 Å². The second-order valence-electron chi connectivity index (χ2n) is 5.01. The van der Waals surface area contributed by atoms with Crippen LogP contribution in [0.4, 0.5) is 10.2 Å². The van der Waals surface area contributed by atoms with Crippen molar-refractivity contribution in [3.63, 3.8) is 0 Å². The van der Waals surface area contributed by atoms with Crippen molar-refractivity contribution >= 4 is 11.7 Å². The minimum absolute atomic E-state index is 0.113. The van der Waals surface area contributed by atoms with E-state index < -0.39 is 0 Å². The van der Waals surface area contributed by atoms with E-state index in [0.717, 1.165) is 18.9 Å². The Labute approximate surface area is 116 Å². The largest absolute Gasteiger partial charge is 0.384 e. The highest BCUT2D eigenvalue weighted by Gasteiger charge is 2.25. The summed E-state index contributed by atoms with van der Waals surface area (Å²) in [5.74, 6) is 0.673. The SMILES string of the molecule is C[n+]1ccc2n1CCN2Cc1ccc(C(=N)N)cc1F. The van der Waals surface area contributed by atoms with Crippen LogP contribution in [0.25, 0.3) is 0 Å². The maximum atomic E-state index is 14.1. The molecule has 1 aliphatic heterocycles. The minimum Gasteiger partial charge on any atom is -0.384 e. The maximum absolute atomic E-state index is 14.1. The fraction of sp³-hybridized carbons (Fsp3) is 0.286. The lowest BCUT2D eigenvalue weighted by atomic mass is 10.1. The zero-order valence-electron chi connectivity index (χ0n) is 11.3. The normalized spacial score (nSPS) is 13.6. The smallest absolute Gasteiger partial charge is 0.197 e. The molecule has 1 aliphatic rings. The van der Waals surface area contributed by atoms with Gasteiger partial charge in [0.15, 0.2) is 19.1 Å². The molecule has 104 valence electrons. The summed E-state index contributed by atoms with van der Waals surface area (Å²) in [6, 6.07) is 6.76. The number of rotatable bonds is 3. The molecule has 2 heterocycles. The number of benzene rings is 1. The molecule has 3 N–H and O–H groups in total. The molecule has 0 fully saturated rings. The van der Waals surface area contributed by atoms with Crippen molar-refractivity contribution in [1.29, 1.82) is 5.41 Å². The van der Waals surface area contributed by atoms with Crippen molar-refractivity contribution in [1.82, 2.24) is 4.68 Å². The summed E-state index contributed by atoms with van der Waals surface area (Å²) in [4.78, 5) is 2.14. The van der Waals surface area contributed by atoms with Crippen molar-refractivity contribution in [2.75, 3.05) is 11.4 Å². The molecule has 0 bridgehead atoms. The van der Waals surface area contributed by atoms with Gasteiger partial charge in [0.25, 0.3) is 0 Å². The van der Waals surface area contributed by atoms with E-state index in [4.69, 9.17) is 11.1 Å². The third-order valence-corrected chi connectivity index (χ3v) is 3.72. The number of nitrogen functional groups attached to an aromatic ring is 1. The maximum Gasteiger partial charge on any atom is 0.197 e. The number of anilines is 1. The number of halogens is 1. The molecule has 0 aliphatic carbocycles. The number of hydrogen-bond donors (Lipinski definition) is 2. The number of fused-ring (bicyclic) bond motifs is 1. The Hall–Kier alpha value is -2.37. The molecule has 0 amide bonds. The first kappa shape index (κ1) is 12.7. The summed E-state index contributed by atoms with van der Waals surface area (Å²) < 4.78 is 18.2. The summed E-state index contributed by atoms with van der Waals surface area (Å²) in [7, 11) is 2.00. The van der Waals surface area contributed by atoms with Crippen molar-refractivity contribution in [3.8, 4) is 0 Å². The minimum atomic E-state index is -0.313. The van der Waals surface area contributed by atoms with Crippen LogP contribution in [0.2, 0.25) is 0 Å². The fourth-order valence-electron chi connectivity index (χ4n) is 2.58. The zero-order valence-corrected chi connectivity index (χ0v) is 11.3. The van der Waals surface area contributed by atoms with Crippen LogP contribution in [0.1, 0.15) is 11.1 Å². The lowest BCUT2D eigenvalue weighted by Crippen LogP contribution is -2.37. The predicted octanol–water partition coefficient (Wildman–Crippen LogP) is 0.756. The van der Waals surface area contributed by atoms with Crippen LogP contribution in [0, 0.1) is 11.2 Å². The molecule has 0 radical (unpaired) electrons. The molecule has 0 atom stereocenters. The van der Waals surface area contributed by atoms with E-state index in [1.165, 1.54) is 6.07 Å². The quantitative estimate of drug-likeness (QED) is 0.493. The Morgan fingerprint density at radius 2 is 2.20 bits per heavy atom. The predicted molar refractivity (Wildman–Crippen MR) is 74.1 cm³/mol. The van der Waals surface area contributed by atoms with Crippen LogP contribution < -0.4 is 15.3 Å². The Morgan fingerprint density at radius 1 is 1.40 bits per heavy atom. The first-order valence-corrected chi connectivity index (χ1v) is 6.49. The van der Waals surface area contributed by atoms with E-state index in [-0.39, 0.29) is 11.7 Å². The van der Waals surface area contributed by atoms with Gasteiger partial charge in [0.1, 0.15) is 11.7 Å². The van der Waals surface area contributed by atoms with Gasteiger partial charge in [0.05, 0.1) is 12.6 Å². The average molecular weight is 274 g/mol. The first-order valence-electron chi connectivity index (χ1n) is 6.49. The Morgan fingerprint density at radius 3 is 2.90 bits per heavy atom. The average Bonchev–Trinajstić information content (AvgIpc) is 2.96. The molecule has 0 unspecified atom stereocenters. The molecule has 0 saturated carbocycles. The zero-order chi connectivity index (χ0) is 14.3. The van der Waals surface area contributed by atoms with Gasteiger partial charge < -0.3 is 10.6 Å². The number of nitrogens with two attached hydrogens (primary N) is 1. The van der Waals surface area contributed by atoms with Gasteiger partial charge in [0.2, 0.25) is 0 Å². The van der Waals surface area contributed by atoms with E-state index in [1.54, 1.807) is 12.1 Å². The van der Waals surface area contributed by atoms with E-state index in [0.29, 0.717) is 17.7 Å². The molecule has 0 saturated heterocycles. The van der Waals surface area contributed by atoms with Crippen molar-refractivity contribution in [2.45, 2.75) is 13.1 Å². The highest BCUT2D eigenvalue weighted by molar-refractivity contribution is 5.94. The fourth-order valence-corrected chi connectivity index (χ4v) is 2.58. The molecule has 0 spiro atoms. The van der Waals surface area contributed by atoms with E-state index in [2.05, 4.69) is 9.58 Å². The van der Waals surface area contributed by atoms with Crippen LogP contribution >= 0.6 is 0 Å². The van der Waals surface area contributed by atoms with Gasteiger partial charge in [-0.3, -0.25) is 5.41 Å². The van der Waals surface area contributed by atoms with Crippen molar-refractivity contribution in [2.24, 2.45) is 12.8 Å². The van der Waals surface area contributed by atoms with Crippen molar-refractivity contribution < 1.29 is 9.07 Å². The summed E-state index contributed by atoms with van der Waals surface area (Å²) in [5, 5.41) is 7.32. The lowest BCUT2D eigenvalue weighted by molar-refractivity contribution is -0.751. The van der Waals surface area contributed by atoms with Crippen LogP contribution in [-0.2, 0) is 20.1 Å². The van der Waals surface area contributed by atoms with Gasteiger partial charge in [-0.05, 0) is 6.07 Å². The van der Waals surface area contributed by atoms with Crippen LogP contribution in [0.15, 0.2) is 30.5 Å². The Balaban J connectivity index is 1.84. The van der Waals surface area contributed by atoms with Gasteiger partial charge in [0, 0.05) is 24.2 Å². The monoisotopic (exact) mass is 274 g/mol. The molecular formula is C14H17FN5+. The number of hydrogen-bond acceptors (Lipinski definition) is 2. The molecule has 1 aromatic carbocycles. The summed E-state index contributed by atoms with van der Waals surface area (Å²) >= 11 is 0. The van der Waals surface area contributed by atoms with E-state index in [9.17, 15) is 4.39 Å². The third-order valence-electron chi connectivity index (χ3n) is 3.72. The number of amidine groups is 1. The van der Waals surface area contributed by atoms with E-state index >= 15 is 0 Å². The summed E-state index contributed by atoms with van der Waals surface area (Å²) in [5.41, 5.74) is 6.40.